The average Bonchev–Trinajstić information content (AvgIpc) is 2.42. The Bertz CT molecular complexity index is 368. The van der Waals surface area contributed by atoms with Crippen molar-refractivity contribution in [3.05, 3.63) is 12.2 Å². The summed E-state index contributed by atoms with van der Waals surface area (Å²) in [5, 5.41) is 0. The fourth-order valence-electron chi connectivity index (χ4n) is 2.13. The van der Waals surface area contributed by atoms with Gasteiger partial charge in [-0.05, 0) is 27.2 Å². The van der Waals surface area contributed by atoms with Crippen LogP contribution >= 0.6 is 0 Å². The van der Waals surface area contributed by atoms with Gasteiger partial charge >= 0.3 is 14.8 Å². The molecule has 6 nitrogen and oxygen atoms in total. The fourth-order valence-corrected chi connectivity index (χ4v) is 4.54. The lowest BCUT2D eigenvalue weighted by molar-refractivity contribution is -0.161. The highest BCUT2D eigenvalue weighted by Gasteiger charge is 2.55. The van der Waals surface area contributed by atoms with E-state index in [9.17, 15) is 4.79 Å². The van der Waals surface area contributed by atoms with Crippen LogP contribution in [0.15, 0.2) is 12.2 Å². The number of rotatable bonds is 9. The first-order valence-corrected chi connectivity index (χ1v) is 8.79. The Morgan fingerprint density at radius 1 is 1.19 bits per heavy atom. The summed E-state index contributed by atoms with van der Waals surface area (Å²) in [6, 6.07) is 0.266. The first-order chi connectivity index (χ1) is 9.53. The second kappa shape index (κ2) is 7.51. The average molecular weight is 319 g/mol. The van der Waals surface area contributed by atoms with Crippen LogP contribution in [-0.4, -0.2) is 47.2 Å². The second-order valence-corrected chi connectivity index (χ2v) is 8.66. The van der Waals surface area contributed by atoms with E-state index in [1.54, 1.807) is 6.92 Å². The number of carbonyl (C=O) groups excluding carboxylic acids is 1. The highest BCUT2D eigenvalue weighted by Crippen LogP contribution is 2.37. The standard InChI is InChI=1S/C14H29NO5Si/c1-9-14(13(4,5)15,20-12(16)11(2)3)10-21(17-6,18-7)19-8/h2,9-10,15H2,1,3-8H3. The van der Waals surface area contributed by atoms with Crippen molar-refractivity contribution in [2.24, 2.45) is 5.73 Å². The largest absolute Gasteiger partial charge is 0.504 e. The van der Waals surface area contributed by atoms with Gasteiger partial charge < -0.3 is 23.7 Å². The minimum absolute atomic E-state index is 0.266. The predicted molar refractivity (Wildman–Crippen MR) is 83.8 cm³/mol. The molecule has 21 heavy (non-hydrogen) atoms. The maximum Gasteiger partial charge on any atom is 0.504 e. The SMILES string of the molecule is C=C(C)C(=O)OC(CC)(C[Si](OC)(OC)OC)C(C)(C)N. The van der Waals surface area contributed by atoms with Crippen molar-refractivity contribution in [2.75, 3.05) is 21.3 Å². The van der Waals surface area contributed by atoms with E-state index < -0.39 is 25.9 Å². The summed E-state index contributed by atoms with van der Waals surface area (Å²) in [7, 11) is 1.58. The van der Waals surface area contributed by atoms with Gasteiger partial charge in [0.1, 0.15) is 5.60 Å². The zero-order chi connectivity index (χ0) is 16.9. The molecular formula is C14H29NO5Si. The molecule has 0 fully saturated rings. The monoisotopic (exact) mass is 319 g/mol. The molecule has 124 valence electrons. The zero-order valence-corrected chi connectivity index (χ0v) is 15.2. The van der Waals surface area contributed by atoms with Gasteiger partial charge in [0.05, 0.1) is 11.6 Å². The van der Waals surface area contributed by atoms with Gasteiger partial charge in [-0.15, -0.1) is 0 Å². The lowest BCUT2D eigenvalue weighted by Crippen LogP contribution is -2.63. The minimum atomic E-state index is -2.97. The van der Waals surface area contributed by atoms with E-state index in [0.717, 1.165) is 0 Å². The van der Waals surface area contributed by atoms with Crippen LogP contribution in [0.2, 0.25) is 6.04 Å². The van der Waals surface area contributed by atoms with Crippen LogP contribution in [0.25, 0.3) is 0 Å². The quantitative estimate of drug-likeness (QED) is 0.397. The molecule has 0 aliphatic heterocycles. The fraction of sp³-hybridized carbons (Fsp3) is 0.786. The Labute approximate surface area is 129 Å². The molecule has 0 amide bonds. The third-order valence-corrected chi connectivity index (χ3v) is 6.69. The first kappa shape index (κ1) is 20.3. The Morgan fingerprint density at radius 2 is 1.62 bits per heavy atom. The molecule has 0 aliphatic carbocycles. The molecule has 0 saturated heterocycles. The molecule has 0 spiro atoms. The number of ether oxygens (including phenoxy) is 1. The molecule has 0 bridgehead atoms. The smallest absolute Gasteiger partial charge is 0.454 e. The van der Waals surface area contributed by atoms with Crippen molar-refractivity contribution in [3.8, 4) is 0 Å². The highest BCUT2D eigenvalue weighted by atomic mass is 28.4. The summed E-state index contributed by atoms with van der Waals surface area (Å²) in [5.74, 6) is -0.485. The van der Waals surface area contributed by atoms with Gasteiger partial charge in [-0.25, -0.2) is 4.79 Å². The van der Waals surface area contributed by atoms with Crippen molar-refractivity contribution in [1.29, 1.82) is 0 Å². The van der Waals surface area contributed by atoms with E-state index in [1.165, 1.54) is 21.3 Å². The summed E-state index contributed by atoms with van der Waals surface area (Å²) < 4.78 is 22.1. The molecule has 0 rings (SSSR count). The van der Waals surface area contributed by atoms with Gasteiger partial charge in [-0.2, -0.15) is 0 Å². The van der Waals surface area contributed by atoms with E-state index in [1.807, 2.05) is 20.8 Å². The number of hydrogen-bond acceptors (Lipinski definition) is 6. The van der Waals surface area contributed by atoms with Crippen LogP contribution in [0.4, 0.5) is 0 Å². The summed E-state index contributed by atoms with van der Waals surface area (Å²) in [4.78, 5) is 12.0. The van der Waals surface area contributed by atoms with Crippen LogP contribution < -0.4 is 5.73 Å². The molecular weight excluding hydrogens is 290 g/mol. The maximum absolute atomic E-state index is 12.0. The molecule has 0 radical (unpaired) electrons. The lowest BCUT2D eigenvalue weighted by Gasteiger charge is -2.45. The van der Waals surface area contributed by atoms with Gasteiger partial charge in [0.15, 0.2) is 0 Å². The van der Waals surface area contributed by atoms with Crippen molar-refractivity contribution < 1.29 is 22.8 Å². The molecule has 7 heteroatoms. The zero-order valence-electron chi connectivity index (χ0n) is 14.2. The van der Waals surface area contributed by atoms with Gasteiger partial charge in [0.2, 0.25) is 0 Å². The summed E-state index contributed by atoms with van der Waals surface area (Å²) >= 11 is 0. The van der Waals surface area contributed by atoms with Crippen molar-refractivity contribution in [2.45, 2.75) is 51.3 Å². The molecule has 2 N–H and O–H groups in total. The van der Waals surface area contributed by atoms with E-state index >= 15 is 0 Å². The number of nitrogens with two attached hydrogens (primary N) is 1. The second-order valence-electron chi connectivity index (χ2n) is 5.71. The summed E-state index contributed by atoms with van der Waals surface area (Å²) in [5.41, 5.74) is 4.83. The van der Waals surface area contributed by atoms with Crippen molar-refractivity contribution >= 4 is 14.8 Å². The number of esters is 1. The molecule has 1 unspecified atom stereocenters. The van der Waals surface area contributed by atoms with Gasteiger partial charge in [-0.3, -0.25) is 0 Å². The Kier molecular flexibility index (Phi) is 7.24. The normalized spacial score (nSPS) is 15.4. The van der Waals surface area contributed by atoms with Gasteiger partial charge in [0, 0.05) is 26.9 Å². The maximum atomic E-state index is 12.0. The van der Waals surface area contributed by atoms with Gasteiger partial charge in [0.25, 0.3) is 0 Å². The third kappa shape index (κ3) is 4.62. The van der Waals surface area contributed by atoms with Crippen LogP contribution in [0.5, 0.6) is 0 Å². The van der Waals surface area contributed by atoms with Crippen LogP contribution in [0, 0.1) is 0 Å². The molecule has 0 aromatic rings. The van der Waals surface area contributed by atoms with Crippen molar-refractivity contribution in [1.82, 2.24) is 0 Å². The number of hydrogen-bond donors (Lipinski definition) is 1. The molecule has 0 saturated carbocycles. The molecule has 0 aliphatic rings. The molecule has 0 heterocycles. The van der Waals surface area contributed by atoms with Crippen LogP contribution in [-0.2, 0) is 22.8 Å². The molecule has 0 aromatic heterocycles. The summed E-state index contributed by atoms with van der Waals surface area (Å²) in [6.07, 6.45) is 0.500. The molecule has 1 atom stereocenters. The van der Waals surface area contributed by atoms with E-state index in [-0.39, 0.29) is 6.04 Å². The summed E-state index contributed by atoms with van der Waals surface area (Å²) in [6.45, 7) is 10.7. The topological polar surface area (TPSA) is 80.0 Å². The molecule has 0 aromatic carbocycles. The Morgan fingerprint density at radius 3 is 1.86 bits per heavy atom. The van der Waals surface area contributed by atoms with E-state index in [4.69, 9.17) is 23.7 Å². The number of carbonyl (C=O) groups is 1. The van der Waals surface area contributed by atoms with E-state index in [0.29, 0.717) is 12.0 Å². The highest BCUT2D eigenvalue weighted by molar-refractivity contribution is 6.60. The van der Waals surface area contributed by atoms with Crippen LogP contribution in [0.3, 0.4) is 0 Å². The lowest BCUT2D eigenvalue weighted by atomic mass is 9.82. The Balaban J connectivity index is 5.71. The Hall–Kier alpha value is -0.733. The first-order valence-electron chi connectivity index (χ1n) is 6.86. The van der Waals surface area contributed by atoms with Crippen molar-refractivity contribution in [3.63, 3.8) is 0 Å². The third-order valence-electron chi connectivity index (χ3n) is 3.82. The van der Waals surface area contributed by atoms with Crippen LogP contribution in [0.1, 0.15) is 34.1 Å². The predicted octanol–water partition coefficient (Wildman–Crippen LogP) is 1.87. The minimum Gasteiger partial charge on any atom is -0.454 e. The van der Waals surface area contributed by atoms with Gasteiger partial charge in [-0.1, -0.05) is 13.5 Å². The van der Waals surface area contributed by atoms with E-state index in [2.05, 4.69) is 6.58 Å².